The molecule has 4 heteroatoms. The maximum Gasteiger partial charge on any atom is 0.193 e. The Bertz CT molecular complexity index is 1080. The molecule has 0 aromatic heterocycles. The predicted molar refractivity (Wildman–Crippen MR) is 141 cm³/mol. The van der Waals surface area contributed by atoms with Crippen molar-refractivity contribution in [2.75, 3.05) is 0 Å². The van der Waals surface area contributed by atoms with E-state index >= 15 is 0 Å². The maximum absolute atomic E-state index is 13.7. The molecule has 1 aliphatic carbocycles. The number of aliphatic hydroxyl groups is 2. The van der Waals surface area contributed by atoms with Gasteiger partial charge in [-0.2, -0.15) is 0 Å². The van der Waals surface area contributed by atoms with E-state index in [0.29, 0.717) is 11.1 Å². The van der Waals surface area contributed by atoms with Crippen LogP contribution in [0.15, 0.2) is 72.0 Å². The molecule has 0 radical (unpaired) electrons. The van der Waals surface area contributed by atoms with Crippen LogP contribution in [0.5, 0.6) is 0 Å². The van der Waals surface area contributed by atoms with Crippen molar-refractivity contribution in [2.24, 2.45) is 5.41 Å². The molecule has 186 valence electrons. The fraction of sp³-hybridized carbons (Fsp3) is 0.419. The number of hydrogen-bond acceptors (Lipinski definition) is 4. The van der Waals surface area contributed by atoms with E-state index in [0.717, 1.165) is 62.5 Å². The third-order valence-corrected chi connectivity index (χ3v) is 7.07. The number of Topliss-reactive ketones (excluding diaryl/α,β-unsaturated/α-hetero) is 2. The summed E-state index contributed by atoms with van der Waals surface area (Å²) in [7, 11) is 0. The van der Waals surface area contributed by atoms with E-state index in [1.807, 2.05) is 24.3 Å². The average molecular weight is 475 g/mol. The highest BCUT2D eigenvalue weighted by molar-refractivity contribution is 6.17. The monoisotopic (exact) mass is 474 g/mol. The number of rotatable bonds is 12. The molecule has 35 heavy (non-hydrogen) atoms. The molecule has 4 nitrogen and oxygen atoms in total. The maximum atomic E-state index is 13.7. The lowest BCUT2D eigenvalue weighted by Crippen LogP contribution is -2.45. The molecule has 0 spiro atoms. The van der Waals surface area contributed by atoms with E-state index in [9.17, 15) is 19.8 Å². The Balaban J connectivity index is 1.88. The molecule has 2 atom stereocenters. The molecule has 2 N–H and O–H groups in total. The van der Waals surface area contributed by atoms with Gasteiger partial charge in [0.05, 0.1) is 17.1 Å². The SMILES string of the molecule is CCCCCc1ccc(C(=O)C2=C(O)C=CC(O)C2(C)C(=O)c2ccc(CCCCC)cc2)cc1. The van der Waals surface area contributed by atoms with E-state index in [-0.39, 0.29) is 17.1 Å². The van der Waals surface area contributed by atoms with Crippen molar-refractivity contribution in [3.63, 3.8) is 0 Å². The highest BCUT2D eigenvalue weighted by Gasteiger charge is 2.49. The van der Waals surface area contributed by atoms with Gasteiger partial charge in [-0.05, 0) is 49.8 Å². The predicted octanol–water partition coefficient (Wildman–Crippen LogP) is 6.97. The fourth-order valence-corrected chi connectivity index (χ4v) is 4.72. The lowest BCUT2D eigenvalue weighted by atomic mass is 9.67. The van der Waals surface area contributed by atoms with E-state index in [4.69, 9.17) is 0 Å². The quantitative estimate of drug-likeness (QED) is 0.257. The molecule has 0 fully saturated rings. The molecule has 1 aliphatic rings. The zero-order valence-electron chi connectivity index (χ0n) is 21.2. The number of carbonyl (C=O) groups is 2. The van der Waals surface area contributed by atoms with Crippen molar-refractivity contribution in [3.05, 3.63) is 94.3 Å². The van der Waals surface area contributed by atoms with Crippen LogP contribution in [0.25, 0.3) is 0 Å². The van der Waals surface area contributed by atoms with E-state index < -0.39 is 17.3 Å². The second-order valence-corrected chi connectivity index (χ2v) is 9.73. The van der Waals surface area contributed by atoms with Gasteiger partial charge in [-0.3, -0.25) is 9.59 Å². The third-order valence-electron chi connectivity index (χ3n) is 7.07. The first kappa shape index (κ1) is 26.6. The number of allylic oxidation sites excluding steroid dienone is 1. The molecule has 0 saturated heterocycles. The second-order valence-electron chi connectivity index (χ2n) is 9.73. The number of carbonyl (C=O) groups excluding carboxylic acids is 2. The van der Waals surface area contributed by atoms with Crippen LogP contribution in [0.2, 0.25) is 0 Å². The Morgan fingerprint density at radius 3 is 1.77 bits per heavy atom. The number of aliphatic hydroxyl groups excluding tert-OH is 2. The summed E-state index contributed by atoms with van der Waals surface area (Å²) in [5.41, 5.74) is 1.43. The van der Waals surface area contributed by atoms with E-state index in [2.05, 4.69) is 13.8 Å². The average Bonchev–Trinajstić information content (AvgIpc) is 2.87. The van der Waals surface area contributed by atoms with Gasteiger partial charge in [0.25, 0.3) is 0 Å². The third kappa shape index (κ3) is 5.99. The van der Waals surface area contributed by atoms with Crippen molar-refractivity contribution < 1.29 is 19.8 Å². The molecule has 0 saturated carbocycles. The minimum Gasteiger partial charge on any atom is -0.507 e. The van der Waals surface area contributed by atoms with Gasteiger partial charge in [0.2, 0.25) is 0 Å². The second kappa shape index (κ2) is 12.1. The van der Waals surface area contributed by atoms with Crippen LogP contribution in [0.1, 0.15) is 91.1 Å². The van der Waals surface area contributed by atoms with Crippen molar-refractivity contribution in [3.8, 4) is 0 Å². The molecule has 0 heterocycles. The van der Waals surface area contributed by atoms with Crippen LogP contribution in [0, 0.1) is 5.41 Å². The van der Waals surface area contributed by atoms with Gasteiger partial charge in [-0.15, -0.1) is 0 Å². The molecular formula is C31H38O4. The largest absolute Gasteiger partial charge is 0.507 e. The summed E-state index contributed by atoms with van der Waals surface area (Å²) in [6, 6.07) is 14.7. The topological polar surface area (TPSA) is 74.6 Å². The minimum absolute atomic E-state index is 0.0664. The zero-order valence-corrected chi connectivity index (χ0v) is 21.2. The lowest BCUT2D eigenvalue weighted by Gasteiger charge is -2.36. The molecule has 0 aliphatic heterocycles. The van der Waals surface area contributed by atoms with Gasteiger partial charge in [-0.1, -0.05) is 94.1 Å². The first-order valence-electron chi connectivity index (χ1n) is 12.9. The van der Waals surface area contributed by atoms with Gasteiger partial charge in [-0.25, -0.2) is 0 Å². The van der Waals surface area contributed by atoms with Gasteiger partial charge in [0.15, 0.2) is 11.6 Å². The molecular weight excluding hydrogens is 436 g/mol. The van der Waals surface area contributed by atoms with Crippen LogP contribution in [-0.2, 0) is 12.8 Å². The summed E-state index contributed by atoms with van der Waals surface area (Å²) in [6.07, 6.45) is 10.1. The summed E-state index contributed by atoms with van der Waals surface area (Å²) >= 11 is 0. The molecule has 2 aromatic carbocycles. The Morgan fingerprint density at radius 2 is 1.29 bits per heavy atom. The normalized spacial score (nSPS) is 19.7. The Labute approximate surface area is 209 Å². The zero-order chi connectivity index (χ0) is 25.4. The van der Waals surface area contributed by atoms with Crippen LogP contribution < -0.4 is 0 Å². The molecule has 3 rings (SSSR count). The molecule has 2 unspecified atom stereocenters. The first-order chi connectivity index (χ1) is 16.8. The van der Waals surface area contributed by atoms with Crippen molar-refractivity contribution in [1.29, 1.82) is 0 Å². The molecule has 2 aromatic rings. The standard InChI is InChI=1S/C31H38O4/c1-4-6-8-10-22-12-16-24(17-13-22)29(34)28-26(32)20-21-27(33)31(28,3)30(35)25-18-14-23(15-19-25)11-9-7-5-2/h12-21,27,32-33H,4-11H2,1-3H3. The van der Waals surface area contributed by atoms with Gasteiger partial charge >= 0.3 is 0 Å². The summed E-state index contributed by atoms with van der Waals surface area (Å²) in [6.45, 7) is 5.87. The first-order valence-corrected chi connectivity index (χ1v) is 12.9. The van der Waals surface area contributed by atoms with Gasteiger partial charge in [0.1, 0.15) is 5.76 Å². The van der Waals surface area contributed by atoms with Crippen LogP contribution >= 0.6 is 0 Å². The highest BCUT2D eigenvalue weighted by Crippen LogP contribution is 2.42. The van der Waals surface area contributed by atoms with Crippen LogP contribution in [0.3, 0.4) is 0 Å². The Kier molecular flexibility index (Phi) is 9.22. The number of benzene rings is 2. The number of unbranched alkanes of at least 4 members (excludes halogenated alkanes) is 4. The summed E-state index contributed by atoms with van der Waals surface area (Å²) < 4.78 is 0. The summed E-state index contributed by atoms with van der Waals surface area (Å²) in [5, 5.41) is 21.6. The van der Waals surface area contributed by atoms with Gasteiger partial charge < -0.3 is 10.2 Å². The van der Waals surface area contributed by atoms with Crippen molar-refractivity contribution in [1.82, 2.24) is 0 Å². The van der Waals surface area contributed by atoms with E-state index in [1.165, 1.54) is 12.2 Å². The van der Waals surface area contributed by atoms with Crippen LogP contribution in [-0.4, -0.2) is 27.9 Å². The summed E-state index contributed by atoms with van der Waals surface area (Å²) in [5.74, 6) is -1.11. The fourth-order valence-electron chi connectivity index (χ4n) is 4.72. The Morgan fingerprint density at radius 1 is 0.800 bits per heavy atom. The highest BCUT2D eigenvalue weighted by atomic mass is 16.3. The van der Waals surface area contributed by atoms with Gasteiger partial charge in [0, 0.05) is 11.1 Å². The number of ketones is 2. The number of aryl methyl sites for hydroxylation is 2. The lowest BCUT2D eigenvalue weighted by molar-refractivity contribution is 0.0562. The smallest absolute Gasteiger partial charge is 0.193 e. The Hall–Kier alpha value is -2.98. The molecule has 0 amide bonds. The van der Waals surface area contributed by atoms with Crippen molar-refractivity contribution >= 4 is 11.6 Å². The number of hydrogen-bond donors (Lipinski definition) is 2. The summed E-state index contributed by atoms with van der Waals surface area (Å²) in [4.78, 5) is 27.3. The van der Waals surface area contributed by atoms with E-state index in [1.54, 1.807) is 31.2 Å². The van der Waals surface area contributed by atoms with Crippen molar-refractivity contribution in [2.45, 2.75) is 78.2 Å². The minimum atomic E-state index is -1.60. The molecule has 0 bridgehead atoms. The van der Waals surface area contributed by atoms with Crippen LogP contribution in [0.4, 0.5) is 0 Å².